The second kappa shape index (κ2) is 6.61. The third kappa shape index (κ3) is 3.35. The van der Waals surface area contributed by atoms with Gasteiger partial charge < -0.3 is 20.2 Å². The van der Waals surface area contributed by atoms with Gasteiger partial charge in [-0.15, -0.1) is 0 Å². The number of hydrogen-bond donors (Lipinski definition) is 2. The van der Waals surface area contributed by atoms with Gasteiger partial charge in [0.1, 0.15) is 0 Å². The van der Waals surface area contributed by atoms with E-state index in [1.807, 2.05) is 0 Å². The normalized spacial score (nSPS) is 24.1. The van der Waals surface area contributed by atoms with Gasteiger partial charge in [0.2, 0.25) is 0 Å². The lowest BCUT2D eigenvalue weighted by Crippen LogP contribution is -2.36. The van der Waals surface area contributed by atoms with Crippen molar-refractivity contribution in [2.24, 2.45) is 0 Å². The fourth-order valence-electron chi connectivity index (χ4n) is 3.49. The molecule has 5 nitrogen and oxygen atoms in total. The summed E-state index contributed by atoms with van der Waals surface area (Å²) in [5.41, 5.74) is 2.33. The lowest BCUT2D eigenvalue weighted by atomic mass is 9.93. The Bertz CT molecular complexity index is 744. The van der Waals surface area contributed by atoms with Crippen molar-refractivity contribution < 1.29 is 5.11 Å². The van der Waals surface area contributed by atoms with Crippen LogP contribution in [-0.2, 0) is 6.54 Å². The van der Waals surface area contributed by atoms with E-state index in [0.29, 0.717) is 0 Å². The number of nitrogens with zero attached hydrogens (tertiary/aromatic N) is 3. The number of rotatable bonds is 4. The van der Waals surface area contributed by atoms with Crippen LogP contribution in [0.3, 0.4) is 0 Å². The molecular weight excluding hydrogens is 320 g/mol. The molecule has 1 aliphatic heterocycles. The highest BCUT2D eigenvalue weighted by atomic mass is 32.1. The van der Waals surface area contributed by atoms with Gasteiger partial charge in [0.15, 0.2) is 5.13 Å². The molecule has 0 amide bonds. The summed E-state index contributed by atoms with van der Waals surface area (Å²) in [7, 11) is 2.08. The summed E-state index contributed by atoms with van der Waals surface area (Å²) in [6.07, 6.45) is 8.21. The lowest BCUT2D eigenvalue weighted by molar-refractivity contribution is 0.116. The van der Waals surface area contributed by atoms with E-state index in [1.165, 1.54) is 16.7 Å². The summed E-state index contributed by atoms with van der Waals surface area (Å²) in [5.74, 6) is 0. The van der Waals surface area contributed by atoms with Crippen molar-refractivity contribution in [1.29, 1.82) is 0 Å². The van der Waals surface area contributed by atoms with Gasteiger partial charge in [-0.05, 0) is 30.5 Å². The second-order valence-corrected chi connectivity index (χ2v) is 7.90. The van der Waals surface area contributed by atoms with Gasteiger partial charge in [-0.25, -0.2) is 4.98 Å². The quantitative estimate of drug-likeness (QED) is 0.892. The maximum Gasteiger partial charge on any atom is 0.184 e. The summed E-state index contributed by atoms with van der Waals surface area (Å²) in [5, 5.41) is 14.5. The van der Waals surface area contributed by atoms with E-state index in [4.69, 9.17) is 0 Å². The highest BCUT2D eigenvalue weighted by molar-refractivity contribution is 7.22. The molecule has 1 aromatic heterocycles. The molecule has 0 spiro atoms. The van der Waals surface area contributed by atoms with Crippen LogP contribution in [0.2, 0.25) is 0 Å². The van der Waals surface area contributed by atoms with Gasteiger partial charge in [0.25, 0.3) is 0 Å². The maximum absolute atomic E-state index is 10.1. The largest absolute Gasteiger partial charge is 0.391 e. The van der Waals surface area contributed by atoms with Gasteiger partial charge in [0, 0.05) is 26.0 Å². The number of aromatic nitrogens is 1. The predicted octanol–water partition coefficient (Wildman–Crippen LogP) is 3.19. The van der Waals surface area contributed by atoms with Crippen LogP contribution in [0.15, 0.2) is 30.6 Å². The number of aliphatic hydroxyl groups is 1. The fourth-order valence-corrected chi connectivity index (χ4v) is 4.48. The van der Waals surface area contributed by atoms with Crippen LogP contribution in [0.25, 0.3) is 10.2 Å². The van der Waals surface area contributed by atoms with Crippen LogP contribution in [-0.4, -0.2) is 45.8 Å². The van der Waals surface area contributed by atoms with Crippen LogP contribution >= 0.6 is 11.3 Å². The van der Waals surface area contributed by atoms with Crippen LogP contribution in [0.5, 0.6) is 0 Å². The van der Waals surface area contributed by atoms with E-state index in [-0.39, 0.29) is 12.1 Å². The number of benzene rings is 1. The third-order valence-electron chi connectivity index (χ3n) is 4.81. The highest BCUT2D eigenvalue weighted by Crippen LogP contribution is 2.30. The Morgan fingerprint density at radius 3 is 2.96 bits per heavy atom. The first-order valence-electron chi connectivity index (χ1n) is 8.64. The topological polar surface area (TPSA) is 51.6 Å². The van der Waals surface area contributed by atoms with E-state index in [0.717, 1.165) is 43.1 Å². The summed E-state index contributed by atoms with van der Waals surface area (Å²) in [4.78, 5) is 9.15. The average molecular weight is 344 g/mol. The van der Waals surface area contributed by atoms with Crippen molar-refractivity contribution in [2.75, 3.05) is 19.0 Å². The van der Waals surface area contributed by atoms with Crippen molar-refractivity contribution in [1.82, 2.24) is 14.8 Å². The Morgan fingerprint density at radius 1 is 1.29 bits per heavy atom. The number of fused-ring (bicyclic) bond motifs is 1. The molecule has 24 heavy (non-hydrogen) atoms. The summed E-state index contributed by atoms with van der Waals surface area (Å²) in [6, 6.07) is 6.64. The highest BCUT2D eigenvalue weighted by Gasteiger charge is 2.23. The van der Waals surface area contributed by atoms with E-state index >= 15 is 0 Å². The molecule has 0 unspecified atom stereocenters. The van der Waals surface area contributed by atoms with Gasteiger partial charge >= 0.3 is 0 Å². The number of nitrogens with one attached hydrogen (secondary N) is 1. The molecule has 4 rings (SSSR count). The van der Waals surface area contributed by atoms with Crippen molar-refractivity contribution >= 4 is 26.7 Å². The van der Waals surface area contributed by atoms with Gasteiger partial charge in [0.05, 0.1) is 29.0 Å². The van der Waals surface area contributed by atoms with Crippen LogP contribution in [0.4, 0.5) is 5.13 Å². The SMILES string of the molecule is CN1C=CN(Cc2ccc3nc(N[C@@H]4CCCC[C@H]4O)sc3c2)C1. The zero-order valence-corrected chi connectivity index (χ0v) is 14.8. The molecule has 128 valence electrons. The second-order valence-electron chi connectivity index (χ2n) is 6.87. The lowest BCUT2D eigenvalue weighted by Gasteiger charge is -2.27. The predicted molar refractivity (Wildman–Crippen MR) is 98.8 cm³/mol. The van der Waals surface area contributed by atoms with Gasteiger partial charge in [-0.2, -0.15) is 0 Å². The third-order valence-corrected chi connectivity index (χ3v) is 5.76. The first-order chi connectivity index (χ1) is 11.7. The van der Waals surface area contributed by atoms with Crippen LogP contribution < -0.4 is 5.32 Å². The van der Waals surface area contributed by atoms with Crippen molar-refractivity contribution in [3.05, 3.63) is 36.2 Å². The van der Waals surface area contributed by atoms with Crippen LogP contribution in [0.1, 0.15) is 31.2 Å². The minimum absolute atomic E-state index is 0.143. The summed E-state index contributed by atoms with van der Waals surface area (Å²) < 4.78 is 1.21. The molecule has 0 bridgehead atoms. The number of hydrogen-bond acceptors (Lipinski definition) is 6. The number of anilines is 1. The molecule has 1 aliphatic carbocycles. The van der Waals surface area contributed by atoms with E-state index < -0.39 is 0 Å². The minimum atomic E-state index is -0.250. The molecule has 6 heteroatoms. The Balaban J connectivity index is 1.47. The van der Waals surface area contributed by atoms with Gasteiger partial charge in [-0.3, -0.25) is 0 Å². The average Bonchev–Trinajstić information content (AvgIpc) is 3.15. The molecular formula is C18H24N4OS. The Hall–Kier alpha value is -1.79. The fraction of sp³-hybridized carbons (Fsp3) is 0.500. The molecule has 2 aromatic rings. The first-order valence-corrected chi connectivity index (χ1v) is 9.46. The molecule has 0 radical (unpaired) electrons. The molecule has 2 atom stereocenters. The maximum atomic E-state index is 10.1. The molecule has 2 heterocycles. The summed E-state index contributed by atoms with van der Waals surface area (Å²) >= 11 is 1.69. The molecule has 0 saturated heterocycles. The molecule has 1 saturated carbocycles. The smallest absolute Gasteiger partial charge is 0.184 e. The Morgan fingerprint density at radius 2 is 2.17 bits per heavy atom. The molecule has 1 aromatic carbocycles. The summed E-state index contributed by atoms with van der Waals surface area (Å²) in [6.45, 7) is 1.85. The van der Waals surface area contributed by atoms with E-state index in [2.05, 4.69) is 57.7 Å². The van der Waals surface area contributed by atoms with E-state index in [9.17, 15) is 5.11 Å². The molecule has 2 aliphatic rings. The van der Waals surface area contributed by atoms with Crippen molar-refractivity contribution in [3.63, 3.8) is 0 Å². The molecule has 2 N–H and O–H groups in total. The Kier molecular flexibility index (Phi) is 4.33. The first kappa shape index (κ1) is 15.7. The van der Waals surface area contributed by atoms with Crippen molar-refractivity contribution in [3.8, 4) is 0 Å². The molecule has 1 fully saturated rings. The zero-order valence-electron chi connectivity index (χ0n) is 14.0. The minimum Gasteiger partial charge on any atom is -0.391 e. The monoisotopic (exact) mass is 344 g/mol. The number of aliphatic hydroxyl groups excluding tert-OH is 1. The van der Waals surface area contributed by atoms with Crippen molar-refractivity contribution in [2.45, 2.75) is 44.4 Å². The van der Waals surface area contributed by atoms with E-state index in [1.54, 1.807) is 11.3 Å². The zero-order chi connectivity index (χ0) is 16.5. The standard InChI is InChI=1S/C18H24N4OS/c1-21-8-9-22(12-21)11-13-6-7-15-17(10-13)24-18(20-15)19-14-4-2-3-5-16(14)23/h6-10,14,16,23H,2-5,11-12H2,1H3,(H,19,20)/t14-,16-/m1/s1. The van der Waals surface area contributed by atoms with Gasteiger partial charge in [-0.1, -0.05) is 30.2 Å². The van der Waals surface area contributed by atoms with Crippen LogP contribution in [0, 0.1) is 0 Å². The Labute approximate surface area is 146 Å². The number of thiazole rings is 1.